The third kappa shape index (κ3) is 2.28. The van der Waals surface area contributed by atoms with Gasteiger partial charge in [0.15, 0.2) is 0 Å². The third-order valence-electron chi connectivity index (χ3n) is 3.71. The molecule has 1 nitrogen and oxygen atoms in total. The maximum Gasteiger partial charge on any atom is 0.0562 e. The van der Waals surface area contributed by atoms with Gasteiger partial charge in [-0.05, 0) is 29.3 Å². The van der Waals surface area contributed by atoms with Gasteiger partial charge in [0.25, 0.3) is 0 Å². The predicted molar refractivity (Wildman–Crippen MR) is 88.5 cm³/mol. The van der Waals surface area contributed by atoms with E-state index < -0.39 is 0 Å². The molecule has 1 N–H and O–H groups in total. The summed E-state index contributed by atoms with van der Waals surface area (Å²) in [5.41, 5.74) is 1.34. The summed E-state index contributed by atoms with van der Waals surface area (Å²) in [4.78, 5) is 0. The van der Waals surface area contributed by atoms with E-state index in [9.17, 15) is 0 Å². The topological polar surface area (TPSA) is 12.0 Å². The molecule has 3 aromatic rings. The molecule has 3 aromatic carbocycles. The Labute approximate surface area is 124 Å². The van der Waals surface area contributed by atoms with Crippen LogP contribution in [0.1, 0.15) is 18.9 Å². The molecule has 0 spiro atoms. The second-order valence-electron chi connectivity index (χ2n) is 5.06. The predicted octanol–water partition coefficient (Wildman–Crippen LogP) is 5.15. The Hall–Kier alpha value is -1.57. The van der Waals surface area contributed by atoms with E-state index in [4.69, 9.17) is 11.6 Å². The molecule has 20 heavy (non-hydrogen) atoms. The molecule has 0 radical (unpaired) electrons. The molecule has 0 heterocycles. The highest BCUT2D eigenvalue weighted by molar-refractivity contribution is 6.41. The van der Waals surface area contributed by atoms with Gasteiger partial charge in [0.2, 0.25) is 0 Å². The van der Waals surface area contributed by atoms with E-state index in [1.165, 1.54) is 16.3 Å². The molecule has 0 bridgehead atoms. The minimum absolute atomic E-state index is 0.857. The maximum absolute atomic E-state index is 6.59. The lowest BCUT2D eigenvalue weighted by molar-refractivity contribution is 0.680. The molecule has 0 aliphatic heterocycles. The molecule has 2 heteroatoms. The molecule has 0 fully saturated rings. The van der Waals surface area contributed by atoms with Crippen LogP contribution in [0, 0.1) is 0 Å². The van der Waals surface area contributed by atoms with Gasteiger partial charge in [-0.1, -0.05) is 67.1 Å². The van der Waals surface area contributed by atoms with Gasteiger partial charge in [0.1, 0.15) is 0 Å². The fourth-order valence-corrected chi connectivity index (χ4v) is 3.08. The summed E-state index contributed by atoms with van der Waals surface area (Å²) in [6, 6.07) is 16.8. The molecule has 0 saturated heterocycles. The molecule has 0 saturated carbocycles. The van der Waals surface area contributed by atoms with Crippen LogP contribution in [0.2, 0.25) is 5.02 Å². The summed E-state index contributed by atoms with van der Waals surface area (Å²) >= 11 is 6.59. The first kappa shape index (κ1) is 13.4. The second-order valence-corrected chi connectivity index (χ2v) is 5.44. The van der Waals surface area contributed by atoms with Crippen molar-refractivity contribution in [1.82, 2.24) is 5.32 Å². The van der Waals surface area contributed by atoms with Gasteiger partial charge in [0.05, 0.1) is 5.02 Å². The van der Waals surface area contributed by atoms with Crippen LogP contribution in [0.4, 0.5) is 0 Å². The minimum atomic E-state index is 0.857. The Bertz CT molecular complexity index is 692. The second kappa shape index (κ2) is 5.82. The Morgan fingerprint density at radius 3 is 1.85 bits per heavy atom. The Morgan fingerprint density at radius 1 is 0.850 bits per heavy atom. The molecule has 0 aromatic heterocycles. The van der Waals surface area contributed by atoms with E-state index in [-0.39, 0.29) is 0 Å². The van der Waals surface area contributed by atoms with Gasteiger partial charge in [0, 0.05) is 17.3 Å². The van der Waals surface area contributed by atoms with Crippen LogP contribution in [-0.4, -0.2) is 6.54 Å². The fraction of sp³-hybridized carbons (Fsp3) is 0.222. The summed E-state index contributed by atoms with van der Waals surface area (Å²) in [6.07, 6.45) is 1.14. The minimum Gasteiger partial charge on any atom is -0.313 e. The van der Waals surface area contributed by atoms with Crippen molar-refractivity contribution < 1.29 is 0 Å². The number of benzene rings is 3. The van der Waals surface area contributed by atoms with Crippen molar-refractivity contribution in [2.75, 3.05) is 6.54 Å². The number of halogens is 1. The number of rotatable bonds is 4. The monoisotopic (exact) mass is 283 g/mol. The first-order chi connectivity index (χ1) is 9.83. The molecule has 0 amide bonds. The van der Waals surface area contributed by atoms with Gasteiger partial charge in [-0.2, -0.15) is 0 Å². The summed E-state index contributed by atoms with van der Waals surface area (Å²) in [5, 5.41) is 9.15. The van der Waals surface area contributed by atoms with Crippen molar-refractivity contribution >= 4 is 33.1 Å². The summed E-state index contributed by atoms with van der Waals surface area (Å²) in [6.45, 7) is 4.10. The highest BCUT2D eigenvalue weighted by Gasteiger charge is 2.11. The van der Waals surface area contributed by atoms with Gasteiger partial charge in [-0.15, -0.1) is 0 Å². The van der Waals surface area contributed by atoms with E-state index in [2.05, 4.69) is 48.6 Å². The van der Waals surface area contributed by atoms with E-state index in [0.29, 0.717) is 0 Å². The lowest BCUT2D eigenvalue weighted by Crippen LogP contribution is -2.14. The van der Waals surface area contributed by atoms with Crippen molar-refractivity contribution in [3.8, 4) is 0 Å². The number of fused-ring (bicyclic) bond motifs is 2. The highest BCUT2D eigenvalue weighted by Crippen LogP contribution is 2.35. The zero-order chi connectivity index (χ0) is 13.9. The Morgan fingerprint density at radius 2 is 1.35 bits per heavy atom. The van der Waals surface area contributed by atoms with E-state index in [1.807, 2.05) is 12.1 Å². The third-order valence-corrected chi connectivity index (χ3v) is 4.11. The van der Waals surface area contributed by atoms with Crippen LogP contribution in [0.15, 0.2) is 48.5 Å². The van der Waals surface area contributed by atoms with Gasteiger partial charge < -0.3 is 5.32 Å². The van der Waals surface area contributed by atoms with Crippen LogP contribution in [-0.2, 0) is 6.54 Å². The molecular weight excluding hydrogens is 266 g/mol. The van der Waals surface area contributed by atoms with Gasteiger partial charge in [-0.3, -0.25) is 0 Å². The molecule has 0 unspecified atom stereocenters. The van der Waals surface area contributed by atoms with Crippen LogP contribution in [0.25, 0.3) is 21.5 Å². The number of nitrogens with one attached hydrogen (secondary N) is 1. The zero-order valence-corrected chi connectivity index (χ0v) is 12.4. The Balaban J connectivity index is 2.28. The smallest absolute Gasteiger partial charge is 0.0562 e. The molecular formula is C18H18ClN. The van der Waals surface area contributed by atoms with Gasteiger partial charge >= 0.3 is 0 Å². The van der Waals surface area contributed by atoms with E-state index in [1.54, 1.807) is 0 Å². The summed E-state index contributed by atoms with van der Waals surface area (Å²) in [7, 11) is 0. The van der Waals surface area contributed by atoms with Crippen molar-refractivity contribution in [3.63, 3.8) is 0 Å². The van der Waals surface area contributed by atoms with Crippen molar-refractivity contribution in [2.45, 2.75) is 19.9 Å². The van der Waals surface area contributed by atoms with Crippen molar-refractivity contribution in [1.29, 1.82) is 0 Å². The highest BCUT2D eigenvalue weighted by atomic mass is 35.5. The first-order valence-corrected chi connectivity index (χ1v) is 7.49. The van der Waals surface area contributed by atoms with Crippen LogP contribution in [0.5, 0.6) is 0 Å². The molecule has 0 atom stereocenters. The summed E-state index contributed by atoms with van der Waals surface area (Å²) < 4.78 is 0. The lowest BCUT2D eigenvalue weighted by Gasteiger charge is -2.14. The lowest BCUT2D eigenvalue weighted by atomic mass is 9.96. The van der Waals surface area contributed by atoms with Crippen LogP contribution in [0.3, 0.4) is 0 Å². The van der Waals surface area contributed by atoms with E-state index in [0.717, 1.165) is 35.3 Å². The average Bonchev–Trinajstić information content (AvgIpc) is 2.51. The molecule has 3 rings (SSSR count). The molecule has 0 aliphatic carbocycles. The number of hydrogen-bond acceptors (Lipinski definition) is 1. The number of hydrogen-bond donors (Lipinski definition) is 1. The molecule has 102 valence electrons. The normalized spacial score (nSPS) is 11.3. The quantitative estimate of drug-likeness (QED) is 0.516. The zero-order valence-electron chi connectivity index (χ0n) is 11.6. The van der Waals surface area contributed by atoms with Crippen molar-refractivity contribution in [2.24, 2.45) is 0 Å². The van der Waals surface area contributed by atoms with Crippen molar-refractivity contribution in [3.05, 3.63) is 59.1 Å². The Kier molecular flexibility index (Phi) is 3.90. The average molecular weight is 284 g/mol. The van der Waals surface area contributed by atoms with Crippen LogP contribution >= 0.6 is 11.6 Å². The van der Waals surface area contributed by atoms with Gasteiger partial charge in [-0.25, -0.2) is 0 Å². The molecule has 0 aliphatic rings. The standard InChI is InChI=1S/C18H18ClN/c1-2-11-20-12-17-13-7-3-5-9-15(13)18(19)16-10-6-4-8-14(16)17/h3-10,20H,2,11-12H2,1H3. The fourth-order valence-electron chi connectivity index (χ4n) is 2.75. The largest absolute Gasteiger partial charge is 0.313 e. The van der Waals surface area contributed by atoms with Crippen LogP contribution < -0.4 is 5.32 Å². The maximum atomic E-state index is 6.59. The SMILES string of the molecule is CCCNCc1c2ccccc2c(Cl)c2ccccc12. The van der Waals surface area contributed by atoms with E-state index >= 15 is 0 Å². The summed E-state index contributed by atoms with van der Waals surface area (Å²) in [5.74, 6) is 0. The first-order valence-electron chi connectivity index (χ1n) is 7.11.